The van der Waals surface area contributed by atoms with Crippen molar-refractivity contribution in [3.8, 4) is 6.07 Å². The van der Waals surface area contributed by atoms with Crippen LogP contribution in [0.4, 0.5) is 5.69 Å². The van der Waals surface area contributed by atoms with Gasteiger partial charge in [-0.05, 0) is 25.6 Å². The third-order valence-corrected chi connectivity index (χ3v) is 3.12. The van der Waals surface area contributed by atoms with Crippen molar-refractivity contribution in [3.63, 3.8) is 0 Å². The summed E-state index contributed by atoms with van der Waals surface area (Å²) in [5, 5.41) is 8.78. The van der Waals surface area contributed by atoms with E-state index in [0.717, 1.165) is 17.8 Å². The van der Waals surface area contributed by atoms with Gasteiger partial charge in [0, 0.05) is 18.8 Å². The van der Waals surface area contributed by atoms with Crippen molar-refractivity contribution in [2.24, 2.45) is 0 Å². The minimum absolute atomic E-state index is 0.0135. The maximum absolute atomic E-state index is 12.5. The van der Waals surface area contributed by atoms with Crippen LogP contribution in [0.25, 0.3) is 0 Å². The van der Waals surface area contributed by atoms with Crippen molar-refractivity contribution < 1.29 is 4.79 Å². The summed E-state index contributed by atoms with van der Waals surface area (Å²) in [5.41, 5.74) is 1.87. The second kappa shape index (κ2) is 8.93. The molecule has 21 heavy (non-hydrogen) atoms. The number of anilines is 1. The molecule has 1 amide bonds. The standard InChI is InChI=1S/C17H23N3O/c1-4-19(13-15(2)3)14-17(21)20(12-8-11-18)16-9-6-5-7-10-16/h5-7,9-10H,2,4,8,12-14H2,1,3H3. The molecule has 112 valence electrons. The molecule has 0 radical (unpaired) electrons. The quantitative estimate of drug-likeness (QED) is 0.690. The van der Waals surface area contributed by atoms with Gasteiger partial charge in [0.15, 0.2) is 0 Å². The monoisotopic (exact) mass is 285 g/mol. The predicted octanol–water partition coefficient (Wildman–Crippen LogP) is 2.83. The first kappa shape index (κ1) is 16.9. The second-order valence-corrected chi connectivity index (χ2v) is 5.05. The fraction of sp³-hybridized carbons (Fsp3) is 0.412. The van der Waals surface area contributed by atoms with Crippen LogP contribution in [0.15, 0.2) is 42.5 Å². The summed E-state index contributed by atoms with van der Waals surface area (Å²) in [4.78, 5) is 16.3. The van der Waals surface area contributed by atoms with Gasteiger partial charge in [-0.15, -0.1) is 0 Å². The molecule has 0 unspecified atom stereocenters. The molecule has 0 aliphatic carbocycles. The Hall–Kier alpha value is -2.12. The van der Waals surface area contributed by atoms with Crippen molar-refractivity contribution in [1.82, 2.24) is 4.90 Å². The first-order valence-corrected chi connectivity index (χ1v) is 7.17. The Morgan fingerprint density at radius 3 is 2.48 bits per heavy atom. The summed E-state index contributed by atoms with van der Waals surface area (Å²) in [6.07, 6.45) is 0.327. The molecule has 4 heteroatoms. The maximum atomic E-state index is 12.5. The molecular weight excluding hydrogens is 262 g/mol. The number of amides is 1. The summed E-state index contributed by atoms with van der Waals surface area (Å²) < 4.78 is 0. The number of carbonyl (C=O) groups excluding carboxylic acids is 1. The largest absolute Gasteiger partial charge is 0.310 e. The van der Waals surface area contributed by atoms with E-state index in [1.807, 2.05) is 49.1 Å². The van der Waals surface area contributed by atoms with Crippen LogP contribution < -0.4 is 4.90 Å². The number of likely N-dealkylation sites (N-methyl/N-ethyl adjacent to an activating group) is 1. The van der Waals surface area contributed by atoms with Gasteiger partial charge < -0.3 is 4.90 Å². The number of benzene rings is 1. The Morgan fingerprint density at radius 1 is 1.29 bits per heavy atom. The molecule has 0 fully saturated rings. The number of hydrogen-bond acceptors (Lipinski definition) is 3. The smallest absolute Gasteiger partial charge is 0.241 e. The highest BCUT2D eigenvalue weighted by molar-refractivity contribution is 5.94. The van der Waals surface area contributed by atoms with E-state index in [9.17, 15) is 4.79 Å². The molecular formula is C17H23N3O. The van der Waals surface area contributed by atoms with Crippen LogP contribution in [-0.2, 0) is 4.79 Å². The predicted molar refractivity (Wildman–Crippen MR) is 86.0 cm³/mol. The Kier molecular flexibility index (Phi) is 7.20. The van der Waals surface area contributed by atoms with E-state index < -0.39 is 0 Å². The van der Waals surface area contributed by atoms with E-state index in [1.165, 1.54) is 0 Å². The Balaban J connectivity index is 2.80. The summed E-state index contributed by atoms with van der Waals surface area (Å²) >= 11 is 0. The van der Waals surface area contributed by atoms with Gasteiger partial charge in [-0.3, -0.25) is 9.69 Å². The number of nitriles is 1. The molecule has 1 aromatic carbocycles. The zero-order chi connectivity index (χ0) is 15.7. The minimum atomic E-state index is 0.0135. The van der Waals surface area contributed by atoms with Crippen molar-refractivity contribution in [2.45, 2.75) is 20.3 Å². The number of para-hydroxylation sites is 1. The van der Waals surface area contributed by atoms with Crippen molar-refractivity contribution in [1.29, 1.82) is 5.26 Å². The molecule has 0 atom stereocenters. The lowest BCUT2D eigenvalue weighted by Crippen LogP contribution is -2.41. The topological polar surface area (TPSA) is 47.3 Å². The maximum Gasteiger partial charge on any atom is 0.241 e. The third kappa shape index (κ3) is 5.80. The second-order valence-electron chi connectivity index (χ2n) is 5.05. The Labute approximate surface area is 127 Å². The summed E-state index contributed by atoms with van der Waals surface area (Å²) in [6, 6.07) is 11.6. The summed E-state index contributed by atoms with van der Waals surface area (Å²) in [5.74, 6) is 0.0135. The third-order valence-electron chi connectivity index (χ3n) is 3.12. The average Bonchev–Trinajstić information content (AvgIpc) is 2.47. The lowest BCUT2D eigenvalue weighted by Gasteiger charge is -2.26. The fourth-order valence-corrected chi connectivity index (χ4v) is 2.11. The van der Waals surface area contributed by atoms with Gasteiger partial charge in [-0.25, -0.2) is 0 Å². The van der Waals surface area contributed by atoms with Crippen LogP contribution in [0.5, 0.6) is 0 Å². The van der Waals surface area contributed by atoms with Crippen molar-refractivity contribution in [3.05, 3.63) is 42.5 Å². The Morgan fingerprint density at radius 2 is 1.95 bits per heavy atom. The van der Waals surface area contributed by atoms with Crippen molar-refractivity contribution in [2.75, 3.05) is 31.1 Å². The van der Waals surface area contributed by atoms with E-state index in [0.29, 0.717) is 26.1 Å². The zero-order valence-electron chi connectivity index (χ0n) is 12.9. The van der Waals surface area contributed by atoms with Gasteiger partial charge in [-0.2, -0.15) is 5.26 Å². The summed E-state index contributed by atoms with van der Waals surface area (Å²) in [6.45, 7) is 10.1. The highest BCUT2D eigenvalue weighted by atomic mass is 16.2. The molecule has 1 rings (SSSR count). The van der Waals surface area contributed by atoms with Crippen LogP contribution >= 0.6 is 0 Å². The van der Waals surface area contributed by atoms with Gasteiger partial charge in [0.2, 0.25) is 5.91 Å². The number of carbonyl (C=O) groups is 1. The van der Waals surface area contributed by atoms with Crippen LogP contribution in [-0.4, -0.2) is 37.0 Å². The van der Waals surface area contributed by atoms with E-state index in [-0.39, 0.29) is 5.91 Å². The first-order valence-electron chi connectivity index (χ1n) is 7.17. The lowest BCUT2D eigenvalue weighted by molar-refractivity contribution is -0.119. The van der Waals surface area contributed by atoms with Crippen LogP contribution in [0.1, 0.15) is 20.3 Å². The van der Waals surface area contributed by atoms with Crippen molar-refractivity contribution >= 4 is 11.6 Å². The molecule has 0 saturated heterocycles. The number of hydrogen-bond donors (Lipinski definition) is 0. The minimum Gasteiger partial charge on any atom is -0.310 e. The average molecular weight is 285 g/mol. The molecule has 0 aliphatic heterocycles. The van der Waals surface area contributed by atoms with E-state index in [1.54, 1.807) is 4.90 Å². The normalized spacial score (nSPS) is 10.2. The molecule has 0 aliphatic rings. The zero-order valence-corrected chi connectivity index (χ0v) is 12.9. The molecule has 0 spiro atoms. The van der Waals surface area contributed by atoms with Crippen LogP contribution in [0, 0.1) is 11.3 Å². The molecule has 0 aromatic heterocycles. The summed E-state index contributed by atoms with van der Waals surface area (Å²) in [7, 11) is 0. The van der Waals surface area contributed by atoms with E-state index in [2.05, 4.69) is 12.6 Å². The molecule has 0 N–H and O–H groups in total. The van der Waals surface area contributed by atoms with Gasteiger partial charge >= 0.3 is 0 Å². The van der Waals surface area contributed by atoms with E-state index >= 15 is 0 Å². The van der Waals surface area contributed by atoms with Gasteiger partial charge in [0.05, 0.1) is 19.0 Å². The Bertz CT molecular complexity index is 505. The van der Waals surface area contributed by atoms with Crippen LogP contribution in [0.3, 0.4) is 0 Å². The lowest BCUT2D eigenvalue weighted by atomic mass is 10.2. The highest BCUT2D eigenvalue weighted by Gasteiger charge is 2.18. The molecule has 0 heterocycles. The number of nitrogens with zero attached hydrogens (tertiary/aromatic N) is 3. The first-order chi connectivity index (χ1) is 10.1. The highest BCUT2D eigenvalue weighted by Crippen LogP contribution is 2.14. The fourth-order valence-electron chi connectivity index (χ4n) is 2.11. The van der Waals surface area contributed by atoms with Gasteiger partial charge in [0.25, 0.3) is 0 Å². The van der Waals surface area contributed by atoms with E-state index in [4.69, 9.17) is 5.26 Å². The van der Waals surface area contributed by atoms with Gasteiger partial charge in [-0.1, -0.05) is 37.3 Å². The number of rotatable bonds is 8. The SMILES string of the molecule is C=C(C)CN(CC)CC(=O)N(CCC#N)c1ccccc1. The van der Waals surface area contributed by atoms with Gasteiger partial charge in [0.1, 0.15) is 0 Å². The van der Waals surface area contributed by atoms with Crippen LogP contribution in [0.2, 0.25) is 0 Å². The molecule has 1 aromatic rings. The molecule has 0 bridgehead atoms. The molecule has 0 saturated carbocycles. The molecule has 4 nitrogen and oxygen atoms in total.